The Balaban J connectivity index is 2.07. The quantitative estimate of drug-likeness (QED) is 0.618. The molecule has 0 heterocycles. The highest BCUT2D eigenvalue weighted by Gasteiger charge is 2.14. The number of carbonyl (C=O) groups is 1. The number of esters is 1. The molecule has 2 aromatic rings. The van der Waals surface area contributed by atoms with Crippen LogP contribution >= 0.6 is 22.6 Å². The molecular formula is C14H10FIO2. The van der Waals surface area contributed by atoms with Crippen molar-refractivity contribution in [3.8, 4) is 0 Å². The summed E-state index contributed by atoms with van der Waals surface area (Å²) in [6, 6.07) is 13.7. The maximum absolute atomic E-state index is 13.3. The monoisotopic (exact) mass is 356 g/mol. The Morgan fingerprint density at radius 2 is 1.83 bits per heavy atom. The van der Waals surface area contributed by atoms with Crippen molar-refractivity contribution in [2.45, 2.75) is 6.61 Å². The zero-order valence-electron chi connectivity index (χ0n) is 9.40. The molecule has 0 spiro atoms. The van der Waals surface area contributed by atoms with E-state index in [9.17, 15) is 9.18 Å². The molecule has 0 unspecified atom stereocenters. The first-order valence-electron chi connectivity index (χ1n) is 5.33. The molecule has 0 saturated carbocycles. The van der Waals surface area contributed by atoms with Crippen molar-refractivity contribution < 1.29 is 13.9 Å². The molecule has 92 valence electrons. The molecule has 0 radical (unpaired) electrons. The lowest BCUT2D eigenvalue weighted by Gasteiger charge is -2.06. The van der Waals surface area contributed by atoms with Gasteiger partial charge >= 0.3 is 5.97 Å². The summed E-state index contributed by atoms with van der Waals surface area (Å²) >= 11 is 1.80. The van der Waals surface area contributed by atoms with Gasteiger partial charge in [0.1, 0.15) is 12.4 Å². The van der Waals surface area contributed by atoms with Crippen LogP contribution in [0.2, 0.25) is 0 Å². The van der Waals surface area contributed by atoms with E-state index in [1.807, 2.05) is 30.3 Å². The number of halogens is 2. The molecule has 0 N–H and O–H groups in total. The molecule has 0 fully saturated rings. The molecule has 0 saturated heterocycles. The summed E-state index contributed by atoms with van der Waals surface area (Å²) in [6.45, 7) is 0.187. The molecule has 0 amide bonds. The zero-order chi connectivity index (χ0) is 13.0. The first-order chi connectivity index (χ1) is 8.68. The van der Waals surface area contributed by atoms with Crippen LogP contribution in [-0.2, 0) is 11.3 Å². The molecule has 2 aromatic carbocycles. The fraction of sp³-hybridized carbons (Fsp3) is 0.0714. The normalized spacial score (nSPS) is 10.1. The first kappa shape index (κ1) is 13.0. The maximum atomic E-state index is 13.3. The lowest BCUT2D eigenvalue weighted by Crippen LogP contribution is -2.08. The third kappa shape index (κ3) is 3.07. The molecule has 18 heavy (non-hydrogen) atoms. The molecule has 0 bridgehead atoms. The molecule has 2 rings (SSSR count). The number of ether oxygens (including phenoxy) is 1. The van der Waals surface area contributed by atoms with Gasteiger partial charge in [-0.3, -0.25) is 0 Å². The topological polar surface area (TPSA) is 26.3 Å². The predicted molar refractivity (Wildman–Crippen MR) is 74.7 cm³/mol. The number of rotatable bonds is 3. The van der Waals surface area contributed by atoms with Crippen molar-refractivity contribution in [1.82, 2.24) is 0 Å². The predicted octanol–water partition coefficient (Wildman–Crippen LogP) is 3.79. The van der Waals surface area contributed by atoms with E-state index < -0.39 is 11.8 Å². The van der Waals surface area contributed by atoms with Crippen LogP contribution in [-0.4, -0.2) is 5.97 Å². The van der Waals surface area contributed by atoms with Gasteiger partial charge in [0, 0.05) is 0 Å². The Morgan fingerprint density at radius 3 is 2.56 bits per heavy atom. The summed E-state index contributed by atoms with van der Waals surface area (Å²) in [4.78, 5) is 11.8. The highest BCUT2D eigenvalue weighted by atomic mass is 127. The Morgan fingerprint density at radius 1 is 1.11 bits per heavy atom. The minimum atomic E-state index is -0.511. The molecule has 2 nitrogen and oxygen atoms in total. The van der Waals surface area contributed by atoms with Crippen molar-refractivity contribution >= 4 is 28.6 Å². The van der Waals surface area contributed by atoms with Crippen LogP contribution in [0.15, 0.2) is 48.5 Å². The molecule has 0 aromatic heterocycles. The van der Waals surface area contributed by atoms with Crippen LogP contribution in [0.5, 0.6) is 0 Å². The van der Waals surface area contributed by atoms with Gasteiger partial charge in [-0.25, -0.2) is 9.18 Å². The second kappa shape index (κ2) is 5.95. The van der Waals surface area contributed by atoms with Gasteiger partial charge in [-0.2, -0.15) is 0 Å². The Bertz CT molecular complexity index is 555. The third-order valence-corrected chi connectivity index (χ3v) is 3.48. The van der Waals surface area contributed by atoms with Gasteiger partial charge in [-0.15, -0.1) is 0 Å². The SMILES string of the molecule is O=C(OCc1ccccc1)c1cccc(F)c1I. The summed E-state index contributed by atoms with van der Waals surface area (Å²) in [5.74, 6) is -0.924. The van der Waals surface area contributed by atoms with Crippen molar-refractivity contribution in [1.29, 1.82) is 0 Å². The van der Waals surface area contributed by atoms with Crippen LogP contribution in [0.3, 0.4) is 0 Å². The standard InChI is InChI=1S/C14H10FIO2/c15-12-8-4-7-11(13(12)16)14(17)18-9-10-5-2-1-3-6-10/h1-8H,9H2. The van der Waals surface area contributed by atoms with Gasteiger partial charge < -0.3 is 4.74 Å². The second-order valence-corrected chi connectivity index (χ2v) is 4.74. The number of carbonyl (C=O) groups excluding carboxylic acids is 1. The van der Waals surface area contributed by atoms with E-state index in [1.165, 1.54) is 12.1 Å². The smallest absolute Gasteiger partial charge is 0.339 e. The fourth-order valence-corrected chi connectivity index (χ4v) is 2.04. The van der Waals surface area contributed by atoms with Crippen LogP contribution in [0, 0.1) is 9.39 Å². The van der Waals surface area contributed by atoms with E-state index in [0.29, 0.717) is 0 Å². The molecule has 0 aliphatic heterocycles. The van der Waals surface area contributed by atoms with Gasteiger partial charge in [-0.05, 0) is 40.3 Å². The minimum Gasteiger partial charge on any atom is -0.457 e. The fourth-order valence-electron chi connectivity index (χ4n) is 1.46. The summed E-state index contributed by atoms with van der Waals surface area (Å²) in [5, 5.41) is 0. The number of benzene rings is 2. The molecule has 0 aliphatic rings. The summed E-state index contributed by atoms with van der Waals surface area (Å²) in [6.07, 6.45) is 0. The highest BCUT2D eigenvalue weighted by Crippen LogP contribution is 2.17. The molecule has 0 aliphatic carbocycles. The largest absolute Gasteiger partial charge is 0.457 e. The van der Waals surface area contributed by atoms with Crippen LogP contribution in [0.1, 0.15) is 15.9 Å². The number of hydrogen-bond acceptors (Lipinski definition) is 2. The Hall–Kier alpha value is -1.43. The zero-order valence-corrected chi connectivity index (χ0v) is 11.6. The molecule has 0 atom stereocenters. The Kier molecular flexibility index (Phi) is 4.30. The Labute approximate surface area is 118 Å². The summed E-state index contributed by atoms with van der Waals surface area (Å²) in [7, 11) is 0. The van der Waals surface area contributed by atoms with Gasteiger partial charge in [0.2, 0.25) is 0 Å². The van der Waals surface area contributed by atoms with Gasteiger partial charge in [0.25, 0.3) is 0 Å². The van der Waals surface area contributed by atoms with Gasteiger partial charge in [0.15, 0.2) is 0 Å². The van der Waals surface area contributed by atoms with E-state index in [4.69, 9.17) is 4.74 Å². The maximum Gasteiger partial charge on any atom is 0.339 e. The van der Waals surface area contributed by atoms with E-state index >= 15 is 0 Å². The minimum absolute atomic E-state index is 0.187. The lowest BCUT2D eigenvalue weighted by molar-refractivity contribution is 0.0471. The first-order valence-corrected chi connectivity index (χ1v) is 6.41. The average molecular weight is 356 g/mol. The van der Waals surface area contributed by atoms with Crippen molar-refractivity contribution in [2.75, 3.05) is 0 Å². The van der Waals surface area contributed by atoms with E-state index in [0.717, 1.165) is 5.56 Å². The van der Waals surface area contributed by atoms with Gasteiger partial charge in [-0.1, -0.05) is 36.4 Å². The average Bonchev–Trinajstić information content (AvgIpc) is 2.40. The van der Waals surface area contributed by atoms with E-state index in [2.05, 4.69) is 0 Å². The van der Waals surface area contributed by atoms with Crippen LogP contribution < -0.4 is 0 Å². The third-order valence-electron chi connectivity index (χ3n) is 2.38. The van der Waals surface area contributed by atoms with Crippen LogP contribution in [0.4, 0.5) is 4.39 Å². The molecular weight excluding hydrogens is 346 g/mol. The van der Waals surface area contributed by atoms with E-state index in [1.54, 1.807) is 28.7 Å². The van der Waals surface area contributed by atoms with E-state index in [-0.39, 0.29) is 15.7 Å². The van der Waals surface area contributed by atoms with Crippen molar-refractivity contribution in [2.24, 2.45) is 0 Å². The van der Waals surface area contributed by atoms with Crippen molar-refractivity contribution in [3.63, 3.8) is 0 Å². The summed E-state index contributed by atoms with van der Waals surface area (Å²) in [5.41, 5.74) is 1.16. The van der Waals surface area contributed by atoms with Gasteiger partial charge in [0.05, 0.1) is 9.13 Å². The molecule has 4 heteroatoms. The number of hydrogen-bond donors (Lipinski definition) is 0. The highest BCUT2D eigenvalue weighted by molar-refractivity contribution is 14.1. The second-order valence-electron chi connectivity index (χ2n) is 3.66. The lowest BCUT2D eigenvalue weighted by atomic mass is 10.2. The van der Waals surface area contributed by atoms with Crippen LogP contribution in [0.25, 0.3) is 0 Å². The van der Waals surface area contributed by atoms with Crippen molar-refractivity contribution in [3.05, 3.63) is 69.0 Å². The summed E-state index contributed by atoms with van der Waals surface area (Å²) < 4.78 is 18.7.